The first kappa shape index (κ1) is 118. The molecule has 0 saturated heterocycles. The second-order valence-electron chi connectivity index (χ2n) is 32.5. The molecule has 5 unspecified atom stereocenters. The molecule has 5 atom stereocenters. The molecule has 0 amide bonds. The van der Waals surface area contributed by atoms with Gasteiger partial charge >= 0.3 is 33.6 Å². The highest BCUT2D eigenvalue weighted by molar-refractivity contribution is 7.47. The molecule has 0 fully saturated rings. The van der Waals surface area contributed by atoms with E-state index >= 15 is 0 Å². The highest BCUT2D eigenvalue weighted by Crippen LogP contribution is 2.45. The number of phosphoric ester groups is 2. The second kappa shape index (κ2) is 95.7. The third kappa shape index (κ3) is 97.1. The van der Waals surface area contributed by atoms with Gasteiger partial charge in [0, 0.05) is 19.3 Å². The van der Waals surface area contributed by atoms with Crippen molar-refractivity contribution in [1.29, 1.82) is 0 Å². The zero-order valence-electron chi connectivity index (χ0n) is 77.8. The van der Waals surface area contributed by atoms with Crippen LogP contribution in [-0.4, -0.2) is 95.9 Å². The molecule has 4 N–H and O–H groups in total. The third-order valence-electron chi connectivity index (χ3n) is 20.6. The van der Waals surface area contributed by atoms with Crippen molar-refractivity contribution in [2.45, 2.75) is 424 Å². The van der Waals surface area contributed by atoms with Gasteiger partial charge in [-0.05, 0) is 161 Å². The normalized spacial score (nSPS) is 14.5. The molecule has 0 aliphatic carbocycles. The molecule has 0 saturated carbocycles. The number of allylic oxidation sites excluding steroid dienone is 30. The van der Waals surface area contributed by atoms with E-state index in [0.29, 0.717) is 19.3 Å². The first-order chi connectivity index (χ1) is 60.2. The lowest BCUT2D eigenvalue weighted by atomic mass is 10.0. The van der Waals surface area contributed by atoms with E-state index in [1.165, 1.54) is 173 Å². The van der Waals surface area contributed by atoms with Crippen LogP contribution in [0.25, 0.3) is 0 Å². The quantitative estimate of drug-likeness (QED) is 0.0146. The van der Waals surface area contributed by atoms with E-state index in [2.05, 4.69) is 203 Å². The lowest BCUT2D eigenvalue weighted by molar-refractivity contribution is -0.161. The molecule has 0 bridgehead atoms. The van der Waals surface area contributed by atoms with Crippen molar-refractivity contribution < 1.29 is 75.8 Å². The average Bonchev–Trinajstić information content (AvgIpc) is 0.898. The lowest BCUT2D eigenvalue weighted by Gasteiger charge is -2.21. The van der Waals surface area contributed by atoms with Crippen molar-refractivity contribution in [3.8, 4) is 0 Å². The van der Waals surface area contributed by atoms with Gasteiger partial charge in [0.2, 0.25) is 0 Å². The minimum Gasteiger partial charge on any atom is -0.463 e. The third-order valence-corrected chi connectivity index (χ3v) is 22.5. The van der Waals surface area contributed by atoms with Gasteiger partial charge in [0.25, 0.3) is 0 Å². The van der Waals surface area contributed by atoms with Crippen molar-refractivity contribution in [2.75, 3.05) is 39.6 Å². The van der Waals surface area contributed by atoms with Crippen molar-refractivity contribution in [2.24, 2.45) is 0 Å². The number of carbonyl (C=O) groups excluding carboxylic acids is 3. The van der Waals surface area contributed by atoms with Crippen molar-refractivity contribution >= 4 is 33.6 Å². The fraction of sp³-hybridized carbons (Fsp3) is 0.686. The summed E-state index contributed by atoms with van der Waals surface area (Å²) < 4.78 is 61.6. The summed E-state index contributed by atoms with van der Waals surface area (Å²) in [7, 11) is -9.82. The SMILES string of the molecule is CC/C=C\C/C=C\C/C=C\C/C=C\C/C=C\C/C=C\CCCCCCCCCCCCC(=O)OCC(COP(=O)(O)OCC(O)COP(=O)(O)OCC(O)COC(=O)CCCCCCCCCCCCCCCCC/C=C\C/C=C\C/C=C\C/C=C\CCCCC)OC(=O)CCCCCCCCCCCCC/C=C\C/C=C\C/C=C\C/C=C\C/C=C\CC. The molecule has 0 rings (SSSR count). The van der Waals surface area contributed by atoms with Gasteiger partial charge in [0.1, 0.15) is 25.4 Å². The van der Waals surface area contributed by atoms with Crippen molar-refractivity contribution in [3.63, 3.8) is 0 Å². The Hall–Kier alpha value is -5.35. The van der Waals surface area contributed by atoms with Gasteiger partial charge in [-0.1, -0.05) is 409 Å². The average molecular weight is 1760 g/mol. The van der Waals surface area contributed by atoms with E-state index in [1.54, 1.807) is 0 Å². The Balaban J connectivity index is 4.65. The molecule has 0 radical (unpaired) electrons. The molecule has 18 heteroatoms. The first-order valence-corrected chi connectivity index (χ1v) is 52.1. The van der Waals surface area contributed by atoms with E-state index in [1.807, 2.05) is 0 Å². The molecule has 0 spiro atoms. The molecular weight excluding hydrogens is 1580 g/mol. The Kier molecular flexibility index (Phi) is 91.6. The standard InChI is InChI=1S/C105H178O16P2/c1-4-7-10-13-16-19-22-25-28-31-34-37-40-43-46-48-49-51-54-55-58-61-64-67-70-73-76-79-82-85-88-91-103(108)115-94-100(106)95-117-122(111,112)118-96-101(107)97-119-123(113,114)120-99-102(121-105(110)93-90-87-84-81-78-75-72-69-66-63-60-57-52-45-42-39-36-33-30-27-24-21-18-15-12-9-6-3)98-116-104(109)92-89-86-83-80-77-74-71-68-65-62-59-56-53-50-47-44-41-38-35-32-29-26-23-20-17-14-11-8-5-2/h8-9,11-12,16-21,25-30,34-39,43-47,52-53,56,100-102,106-107H,4-7,10,13-15,22-24,31-33,40-42,48-51,54-55,57-99H2,1-3H3,(H,111,112)(H,113,114)/b11-8-,12-9-,19-16-,20-17-,21-18-,28-25-,29-26-,30-27-,37-34-,38-35-,39-36-,46-43-,47-44-,52-45-,56-53-. The second-order valence-corrected chi connectivity index (χ2v) is 35.4. The van der Waals surface area contributed by atoms with Gasteiger partial charge in [-0.3, -0.25) is 32.5 Å². The van der Waals surface area contributed by atoms with Crippen LogP contribution in [0.3, 0.4) is 0 Å². The van der Waals surface area contributed by atoms with Gasteiger partial charge < -0.3 is 34.2 Å². The number of esters is 3. The van der Waals surface area contributed by atoms with Crippen molar-refractivity contribution in [1.82, 2.24) is 0 Å². The fourth-order valence-corrected chi connectivity index (χ4v) is 14.8. The molecule has 704 valence electrons. The van der Waals surface area contributed by atoms with E-state index in [4.69, 9.17) is 32.3 Å². The Morgan fingerprint density at radius 3 is 0.683 bits per heavy atom. The van der Waals surface area contributed by atoms with E-state index < -0.39 is 91.5 Å². The Labute approximate surface area is 751 Å². The highest BCUT2D eigenvalue weighted by atomic mass is 31.2. The number of unbranched alkanes of at least 4 members (excludes halogenated alkanes) is 39. The maximum Gasteiger partial charge on any atom is 0.472 e. The number of rotatable bonds is 92. The predicted molar refractivity (Wildman–Crippen MR) is 518 cm³/mol. The monoisotopic (exact) mass is 1760 g/mol. The van der Waals surface area contributed by atoms with Crippen LogP contribution < -0.4 is 0 Å². The summed E-state index contributed by atoms with van der Waals surface area (Å²) in [4.78, 5) is 59.2. The van der Waals surface area contributed by atoms with Crippen LogP contribution in [0.2, 0.25) is 0 Å². The number of carbonyl (C=O) groups is 3. The molecule has 0 aromatic rings. The number of aliphatic hydroxyl groups excluding tert-OH is 2. The van der Waals surface area contributed by atoms with E-state index in [9.17, 15) is 43.5 Å². The molecule has 16 nitrogen and oxygen atoms in total. The number of hydrogen-bond donors (Lipinski definition) is 4. The fourth-order valence-electron chi connectivity index (χ4n) is 13.2. The zero-order chi connectivity index (χ0) is 89.3. The van der Waals surface area contributed by atoms with E-state index in [0.717, 1.165) is 173 Å². The molecule has 0 aromatic heterocycles. The van der Waals surface area contributed by atoms with Crippen LogP contribution in [0.4, 0.5) is 0 Å². The van der Waals surface area contributed by atoms with Crippen LogP contribution >= 0.6 is 15.6 Å². The van der Waals surface area contributed by atoms with Crippen molar-refractivity contribution in [3.05, 3.63) is 182 Å². The topological polar surface area (TPSA) is 231 Å². The maximum absolute atomic E-state index is 13.1. The largest absolute Gasteiger partial charge is 0.472 e. The van der Waals surface area contributed by atoms with Crippen LogP contribution in [0.15, 0.2) is 182 Å². The van der Waals surface area contributed by atoms with Crippen LogP contribution in [0.5, 0.6) is 0 Å². The first-order valence-electron chi connectivity index (χ1n) is 49.1. The Morgan fingerprint density at radius 2 is 0.431 bits per heavy atom. The summed E-state index contributed by atoms with van der Waals surface area (Å²) in [5, 5.41) is 20.8. The van der Waals surface area contributed by atoms with Gasteiger partial charge in [0.15, 0.2) is 6.10 Å². The smallest absolute Gasteiger partial charge is 0.463 e. The number of ether oxygens (including phenoxy) is 3. The van der Waals surface area contributed by atoms with Gasteiger partial charge in [-0.25, -0.2) is 9.13 Å². The lowest BCUT2D eigenvalue weighted by Crippen LogP contribution is -2.30. The molecule has 123 heavy (non-hydrogen) atoms. The summed E-state index contributed by atoms with van der Waals surface area (Å²) in [5.41, 5.74) is 0. The molecule has 0 heterocycles. The van der Waals surface area contributed by atoms with Crippen LogP contribution in [0.1, 0.15) is 406 Å². The minimum atomic E-state index is -4.95. The Bertz CT molecular complexity index is 2970. The predicted octanol–water partition coefficient (Wildman–Crippen LogP) is 30.8. The summed E-state index contributed by atoms with van der Waals surface area (Å²) in [6.45, 7) is 2.47. The summed E-state index contributed by atoms with van der Waals surface area (Å²) in [6, 6.07) is 0. The van der Waals surface area contributed by atoms with Gasteiger partial charge in [-0.15, -0.1) is 0 Å². The molecular formula is C105H178O16P2. The number of phosphoric acid groups is 2. The summed E-state index contributed by atoms with van der Waals surface area (Å²) in [6.07, 6.45) is 126. The highest BCUT2D eigenvalue weighted by Gasteiger charge is 2.30. The van der Waals surface area contributed by atoms with Crippen LogP contribution in [-0.2, 0) is 55.8 Å². The Morgan fingerprint density at radius 1 is 0.236 bits per heavy atom. The van der Waals surface area contributed by atoms with Gasteiger partial charge in [0.05, 0.1) is 26.4 Å². The summed E-state index contributed by atoms with van der Waals surface area (Å²) >= 11 is 0. The maximum atomic E-state index is 13.1. The molecule has 0 aromatic carbocycles. The van der Waals surface area contributed by atoms with E-state index in [-0.39, 0.29) is 19.3 Å². The molecule has 0 aliphatic heterocycles. The number of hydrogen-bond acceptors (Lipinski definition) is 14. The minimum absolute atomic E-state index is 0.0942. The van der Waals surface area contributed by atoms with Gasteiger partial charge in [-0.2, -0.15) is 0 Å². The summed E-state index contributed by atoms with van der Waals surface area (Å²) in [5.74, 6) is -1.58. The number of aliphatic hydroxyl groups is 2. The molecule has 0 aliphatic rings. The zero-order valence-corrected chi connectivity index (χ0v) is 79.6. The van der Waals surface area contributed by atoms with Crippen LogP contribution in [0, 0.1) is 0 Å².